The summed E-state index contributed by atoms with van der Waals surface area (Å²) >= 11 is 0. The van der Waals surface area contributed by atoms with E-state index < -0.39 is 12.0 Å². The Morgan fingerprint density at radius 1 is 0.718 bits per heavy atom. The third kappa shape index (κ3) is 6.97. The lowest BCUT2D eigenvalue weighted by molar-refractivity contribution is -0.137. The van der Waals surface area contributed by atoms with Crippen LogP contribution in [0.15, 0.2) is 109 Å². The van der Waals surface area contributed by atoms with Crippen molar-refractivity contribution >= 4 is 17.8 Å². The lowest BCUT2D eigenvalue weighted by Gasteiger charge is -2.24. The van der Waals surface area contributed by atoms with Crippen LogP contribution in [0.3, 0.4) is 0 Å². The van der Waals surface area contributed by atoms with E-state index in [9.17, 15) is 24.6 Å². The molecule has 1 unspecified atom stereocenters. The molecule has 0 saturated carbocycles. The largest absolute Gasteiger partial charge is 0.481 e. The summed E-state index contributed by atoms with van der Waals surface area (Å²) in [5.41, 5.74) is 3.48. The number of carbonyl (C=O) groups excluding carboxylic acids is 2. The van der Waals surface area contributed by atoms with Gasteiger partial charge in [0.2, 0.25) is 0 Å². The van der Waals surface area contributed by atoms with E-state index in [0.29, 0.717) is 22.3 Å². The van der Waals surface area contributed by atoms with E-state index in [4.69, 9.17) is 0 Å². The molecule has 0 aliphatic rings. The zero-order valence-corrected chi connectivity index (χ0v) is 21.4. The number of nitrogens with zero attached hydrogens (tertiary/aromatic N) is 1. The summed E-state index contributed by atoms with van der Waals surface area (Å²) in [6, 6.07) is 32.0. The van der Waals surface area contributed by atoms with Crippen molar-refractivity contribution < 1.29 is 24.6 Å². The van der Waals surface area contributed by atoms with Crippen molar-refractivity contribution in [1.29, 1.82) is 0 Å². The van der Waals surface area contributed by atoms with Gasteiger partial charge in [0, 0.05) is 24.2 Å². The van der Waals surface area contributed by atoms with Crippen molar-refractivity contribution in [2.75, 3.05) is 13.2 Å². The molecule has 0 radical (unpaired) electrons. The lowest BCUT2D eigenvalue weighted by atomic mass is 9.94. The van der Waals surface area contributed by atoms with E-state index >= 15 is 0 Å². The Morgan fingerprint density at radius 2 is 1.26 bits per heavy atom. The summed E-state index contributed by atoms with van der Waals surface area (Å²) in [6.07, 6.45) is -0.193. The maximum Gasteiger partial charge on any atom is 0.305 e. The fourth-order valence-electron chi connectivity index (χ4n) is 4.43. The molecule has 1 atom stereocenters. The van der Waals surface area contributed by atoms with E-state index in [0.717, 1.165) is 11.1 Å². The monoisotopic (exact) mass is 522 g/mol. The second kappa shape index (κ2) is 13.2. The van der Waals surface area contributed by atoms with Gasteiger partial charge in [-0.3, -0.25) is 14.4 Å². The normalized spacial score (nSPS) is 11.4. The maximum absolute atomic E-state index is 13.8. The first-order chi connectivity index (χ1) is 19.0. The molecule has 0 spiro atoms. The van der Waals surface area contributed by atoms with Crippen LogP contribution in [0, 0.1) is 0 Å². The minimum Gasteiger partial charge on any atom is -0.481 e. The van der Waals surface area contributed by atoms with E-state index in [1.54, 1.807) is 48.5 Å². The number of hydrogen-bond acceptors (Lipinski definition) is 4. The Morgan fingerprint density at radius 3 is 1.87 bits per heavy atom. The van der Waals surface area contributed by atoms with Crippen molar-refractivity contribution in [1.82, 2.24) is 10.2 Å². The second-order valence-electron chi connectivity index (χ2n) is 9.07. The van der Waals surface area contributed by atoms with Crippen LogP contribution < -0.4 is 5.32 Å². The topological polar surface area (TPSA) is 107 Å². The minimum absolute atomic E-state index is 0.0365. The molecule has 4 aromatic rings. The second-order valence-corrected chi connectivity index (χ2v) is 9.07. The molecular formula is C32H30N2O5. The average Bonchev–Trinajstić information content (AvgIpc) is 2.98. The highest BCUT2D eigenvalue weighted by molar-refractivity contribution is 6.06. The molecule has 2 amide bonds. The summed E-state index contributed by atoms with van der Waals surface area (Å²) in [6.45, 7) is 0.0124. The Kier molecular flexibility index (Phi) is 9.21. The summed E-state index contributed by atoms with van der Waals surface area (Å²) in [4.78, 5) is 40.1. The first-order valence-electron chi connectivity index (χ1n) is 12.7. The Hall–Kier alpha value is -4.75. The van der Waals surface area contributed by atoms with Crippen LogP contribution in [0.25, 0.3) is 11.1 Å². The predicted octanol–water partition coefficient (Wildman–Crippen LogP) is 4.93. The zero-order valence-electron chi connectivity index (χ0n) is 21.4. The number of aliphatic hydroxyl groups is 1. The molecule has 0 aliphatic heterocycles. The number of amides is 2. The molecule has 7 heteroatoms. The summed E-state index contributed by atoms with van der Waals surface area (Å²) in [7, 11) is 0. The number of carbonyl (C=O) groups is 3. The van der Waals surface area contributed by atoms with E-state index in [-0.39, 0.29) is 37.9 Å². The van der Waals surface area contributed by atoms with Gasteiger partial charge >= 0.3 is 5.97 Å². The number of benzene rings is 4. The van der Waals surface area contributed by atoms with Crippen LogP contribution in [0.4, 0.5) is 0 Å². The highest BCUT2D eigenvalue weighted by Crippen LogP contribution is 2.29. The standard InChI is InChI=1S/C32H30N2O5/c35-22-29(24-13-5-2-6-14-24)33-31(38)27-17-9-7-15-25(27)26-16-8-10-18-28(26)32(39)34(20-19-30(36)37)21-23-11-3-1-4-12-23/h1-18,29,35H,19-22H2,(H,33,38)(H,36,37). The quantitative estimate of drug-likeness (QED) is 0.259. The van der Waals surface area contributed by atoms with Crippen LogP contribution >= 0.6 is 0 Å². The van der Waals surface area contributed by atoms with Crippen molar-refractivity contribution in [3.8, 4) is 11.1 Å². The minimum atomic E-state index is -0.993. The molecule has 0 heterocycles. The number of rotatable bonds is 11. The van der Waals surface area contributed by atoms with Crippen LogP contribution in [0.5, 0.6) is 0 Å². The Balaban J connectivity index is 1.67. The Labute approximate surface area is 227 Å². The van der Waals surface area contributed by atoms with Gasteiger partial charge in [0.15, 0.2) is 0 Å². The Bertz CT molecular complexity index is 1420. The van der Waals surface area contributed by atoms with Gasteiger partial charge in [0.05, 0.1) is 19.1 Å². The number of nitrogens with one attached hydrogen (secondary N) is 1. The van der Waals surface area contributed by atoms with Gasteiger partial charge in [-0.05, 0) is 34.4 Å². The molecule has 0 aromatic heterocycles. The zero-order chi connectivity index (χ0) is 27.6. The van der Waals surface area contributed by atoms with Gasteiger partial charge in [-0.15, -0.1) is 0 Å². The predicted molar refractivity (Wildman–Crippen MR) is 149 cm³/mol. The number of aliphatic carboxylic acids is 1. The van der Waals surface area contributed by atoms with Crippen LogP contribution in [0.2, 0.25) is 0 Å². The van der Waals surface area contributed by atoms with Gasteiger partial charge in [-0.2, -0.15) is 0 Å². The summed E-state index contributed by atoms with van der Waals surface area (Å²) in [5.74, 6) is -1.71. The number of carboxylic acids is 1. The van der Waals surface area contributed by atoms with Crippen molar-refractivity contribution in [2.45, 2.75) is 19.0 Å². The third-order valence-electron chi connectivity index (χ3n) is 6.41. The van der Waals surface area contributed by atoms with Gasteiger partial charge in [0.25, 0.3) is 11.8 Å². The fraction of sp³-hybridized carbons (Fsp3) is 0.156. The first-order valence-corrected chi connectivity index (χ1v) is 12.7. The molecule has 198 valence electrons. The summed E-state index contributed by atoms with van der Waals surface area (Å²) < 4.78 is 0. The van der Waals surface area contributed by atoms with Crippen LogP contribution in [0.1, 0.15) is 44.3 Å². The summed E-state index contributed by atoms with van der Waals surface area (Å²) in [5, 5.41) is 22.1. The number of hydrogen-bond donors (Lipinski definition) is 3. The van der Waals surface area contributed by atoms with Crippen molar-refractivity contribution in [2.24, 2.45) is 0 Å². The molecule has 0 bridgehead atoms. The molecule has 3 N–H and O–H groups in total. The van der Waals surface area contributed by atoms with Gasteiger partial charge < -0.3 is 20.4 Å². The van der Waals surface area contributed by atoms with Crippen molar-refractivity contribution in [3.63, 3.8) is 0 Å². The van der Waals surface area contributed by atoms with Crippen molar-refractivity contribution in [3.05, 3.63) is 131 Å². The first kappa shape index (κ1) is 27.3. The van der Waals surface area contributed by atoms with Gasteiger partial charge in [-0.25, -0.2) is 0 Å². The van der Waals surface area contributed by atoms with Gasteiger partial charge in [-0.1, -0.05) is 97.1 Å². The lowest BCUT2D eigenvalue weighted by Crippen LogP contribution is -2.33. The molecule has 4 rings (SSSR count). The molecule has 7 nitrogen and oxygen atoms in total. The SMILES string of the molecule is O=C(O)CCN(Cc1ccccc1)C(=O)c1ccccc1-c1ccccc1C(=O)NC(CO)c1ccccc1. The smallest absolute Gasteiger partial charge is 0.305 e. The highest BCUT2D eigenvalue weighted by atomic mass is 16.4. The van der Waals surface area contributed by atoms with E-state index in [2.05, 4.69) is 5.32 Å². The van der Waals surface area contributed by atoms with E-state index in [1.165, 1.54) is 4.90 Å². The highest BCUT2D eigenvalue weighted by Gasteiger charge is 2.24. The van der Waals surface area contributed by atoms with Crippen LogP contribution in [-0.2, 0) is 11.3 Å². The number of aliphatic hydroxyl groups excluding tert-OH is 1. The fourth-order valence-corrected chi connectivity index (χ4v) is 4.43. The van der Waals surface area contributed by atoms with Gasteiger partial charge in [0.1, 0.15) is 0 Å². The molecule has 0 aliphatic carbocycles. The number of carboxylic acid groups (broad SMARTS) is 1. The van der Waals surface area contributed by atoms with Crippen LogP contribution in [-0.4, -0.2) is 46.0 Å². The maximum atomic E-state index is 13.8. The third-order valence-corrected chi connectivity index (χ3v) is 6.41. The average molecular weight is 523 g/mol. The van der Waals surface area contributed by atoms with E-state index in [1.807, 2.05) is 60.7 Å². The molecule has 4 aromatic carbocycles. The molecule has 0 saturated heterocycles. The molecular weight excluding hydrogens is 492 g/mol. The molecule has 39 heavy (non-hydrogen) atoms. The molecule has 0 fully saturated rings.